The average molecular weight is 312 g/mol. The lowest BCUT2D eigenvalue weighted by Gasteiger charge is -2.34. The van der Waals surface area contributed by atoms with Gasteiger partial charge in [-0.3, -0.25) is 4.79 Å². The quantitative estimate of drug-likeness (QED) is 0.844. The molecule has 2 atom stereocenters. The van der Waals surface area contributed by atoms with Gasteiger partial charge in [-0.2, -0.15) is 0 Å². The first kappa shape index (κ1) is 16.8. The van der Waals surface area contributed by atoms with Crippen LogP contribution in [0.4, 0.5) is 8.78 Å². The summed E-state index contributed by atoms with van der Waals surface area (Å²) in [4.78, 5) is 12.9. The number of primary amides is 1. The van der Waals surface area contributed by atoms with Crippen LogP contribution < -0.4 is 5.73 Å². The maximum Gasteiger partial charge on any atom is 0.217 e. The van der Waals surface area contributed by atoms with E-state index in [1.54, 1.807) is 0 Å². The molecule has 2 unspecified atom stereocenters. The number of nitrogens with zero attached hydrogens (tertiary/aromatic N) is 1. The number of nitrogens with two attached hydrogens (primary N) is 1. The second-order valence-electron chi connectivity index (χ2n) is 5.95. The molecule has 0 aliphatic carbocycles. The van der Waals surface area contributed by atoms with Gasteiger partial charge in [0.15, 0.2) is 0 Å². The summed E-state index contributed by atoms with van der Waals surface area (Å²) in [6.45, 7) is 1.80. The minimum Gasteiger partial charge on any atom is -0.387 e. The van der Waals surface area contributed by atoms with Crippen molar-refractivity contribution in [3.05, 3.63) is 35.4 Å². The molecule has 1 aliphatic heterocycles. The number of amides is 1. The molecule has 4 nitrogen and oxygen atoms in total. The van der Waals surface area contributed by atoms with Crippen LogP contribution in [0.15, 0.2) is 18.2 Å². The molecule has 1 fully saturated rings. The normalized spacial score (nSPS) is 20.8. The lowest BCUT2D eigenvalue weighted by atomic mass is 9.93. The maximum atomic E-state index is 13.7. The molecule has 1 aromatic carbocycles. The van der Waals surface area contributed by atoms with E-state index in [9.17, 15) is 18.7 Å². The highest BCUT2D eigenvalue weighted by Gasteiger charge is 2.23. The minimum atomic E-state index is -1.06. The van der Waals surface area contributed by atoms with Gasteiger partial charge in [0.05, 0.1) is 6.10 Å². The standard InChI is InChI=1S/C16H22F2N2O2/c17-12-4-5-14(18)13(8-12)15(21)10-20-7-1-2-11(9-20)3-6-16(19)22/h4-5,8,11,15,21H,1-3,6-7,9-10H2,(H2,19,22). The fourth-order valence-electron chi connectivity index (χ4n) is 3.01. The molecule has 1 aliphatic rings. The SMILES string of the molecule is NC(=O)CCC1CCCN(CC(O)c2cc(F)ccc2F)C1. The number of hydrogen-bond donors (Lipinski definition) is 2. The Balaban J connectivity index is 1.91. The van der Waals surface area contributed by atoms with Crippen molar-refractivity contribution in [1.29, 1.82) is 0 Å². The monoisotopic (exact) mass is 312 g/mol. The summed E-state index contributed by atoms with van der Waals surface area (Å²) < 4.78 is 26.9. The number of piperidine rings is 1. The van der Waals surface area contributed by atoms with E-state index >= 15 is 0 Å². The number of halogens is 2. The van der Waals surface area contributed by atoms with E-state index in [0.717, 1.165) is 50.6 Å². The van der Waals surface area contributed by atoms with E-state index in [2.05, 4.69) is 0 Å². The van der Waals surface area contributed by atoms with Crippen molar-refractivity contribution >= 4 is 5.91 Å². The van der Waals surface area contributed by atoms with Crippen LogP contribution in [0.1, 0.15) is 37.4 Å². The van der Waals surface area contributed by atoms with E-state index in [-0.39, 0.29) is 18.0 Å². The first-order chi connectivity index (χ1) is 10.5. The van der Waals surface area contributed by atoms with Gasteiger partial charge in [0, 0.05) is 25.1 Å². The first-order valence-corrected chi connectivity index (χ1v) is 7.59. The second-order valence-corrected chi connectivity index (χ2v) is 5.95. The number of hydrogen-bond acceptors (Lipinski definition) is 3. The maximum absolute atomic E-state index is 13.7. The van der Waals surface area contributed by atoms with Gasteiger partial charge in [-0.25, -0.2) is 8.78 Å². The highest BCUT2D eigenvalue weighted by atomic mass is 19.1. The number of aliphatic hydroxyl groups is 1. The molecule has 0 aromatic heterocycles. The summed E-state index contributed by atoms with van der Waals surface area (Å²) in [5.41, 5.74) is 5.15. The Kier molecular flexibility index (Phi) is 5.85. The Hall–Kier alpha value is -1.53. The Bertz CT molecular complexity index is 525. The zero-order chi connectivity index (χ0) is 16.1. The smallest absolute Gasteiger partial charge is 0.217 e. The second kappa shape index (κ2) is 7.65. The molecular formula is C16H22F2N2O2. The van der Waals surface area contributed by atoms with Crippen LogP contribution in [0.5, 0.6) is 0 Å². The Morgan fingerprint density at radius 2 is 2.23 bits per heavy atom. The predicted octanol–water partition coefficient (Wildman–Crippen LogP) is 1.98. The van der Waals surface area contributed by atoms with Crippen molar-refractivity contribution in [3.8, 4) is 0 Å². The largest absolute Gasteiger partial charge is 0.387 e. The molecule has 1 aromatic rings. The Labute approximate surface area is 128 Å². The molecule has 1 heterocycles. The first-order valence-electron chi connectivity index (χ1n) is 7.59. The van der Waals surface area contributed by atoms with Gasteiger partial charge < -0.3 is 15.7 Å². The van der Waals surface area contributed by atoms with E-state index < -0.39 is 17.7 Å². The molecule has 1 amide bonds. The van der Waals surface area contributed by atoms with Gasteiger partial charge in [-0.05, 0) is 49.9 Å². The lowest BCUT2D eigenvalue weighted by molar-refractivity contribution is -0.118. The molecule has 0 bridgehead atoms. The molecule has 0 spiro atoms. The zero-order valence-corrected chi connectivity index (χ0v) is 12.5. The summed E-state index contributed by atoms with van der Waals surface area (Å²) in [6, 6.07) is 3.10. The Morgan fingerprint density at radius 1 is 1.45 bits per heavy atom. The molecule has 6 heteroatoms. The van der Waals surface area contributed by atoms with E-state index in [1.807, 2.05) is 4.90 Å². The number of aliphatic hydroxyl groups excluding tert-OH is 1. The molecule has 22 heavy (non-hydrogen) atoms. The summed E-state index contributed by atoms with van der Waals surface area (Å²) >= 11 is 0. The van der Waals surface area contributed by atoms with Gasteiger partial charge in [0.1, 0.15) is 11.6 Å². The van der Waals surface area contributed by atoms with E-state index in [1.165, 1.54) is 0 Å². The zero-order valence-electron chi connectivity index (χ0n) is 12.5. The average Bonchev–Trinajstić information content (AvgIpc) is 2.48. The van der Waals surface area contributed by atoms with Gasteiger partial charge in [0.25, 0.3) is 0 Å². The number of β-amino-alcohol motifs (C(OH)–C–C–N with tert-alkyl or cyclic N) is 1. The summed E-state index contributed by atoms with van der Waals surface area (Å²) in [5, 5.41) is 10.2. The van der Waals surface area contributed by atoms with Crippen molar-refractivity contribution < 1.29 is 18.7 Å². The number of carbonyl (C=O) groups is 1. The van der Waals surface area contributed by atoms with Crippen LogP contribution in [0, 0.1) is 17.6 Å². The lowest BCUT2D eigenvalue weighted by Crippen LogP contribution is -2.38. The number of carbonyl (C=O) groups excluding carboxylic acids is 1. The molecule has 2 rings (SSSR count). The van der Waals surface area contributed by atoms with Crippen LogP contribution in [0.25, 0.3) is 0 Å². The highest BCUT2D eigenvalue weighted by Crippen LogP contribution is 2.24. The third-order valence-electron chi connectivity index (χ3n) is 4.15. The summed E-state index contributed by atoms with van der Waals surface area (Å²) in [5.74, 6) is -1.12. The highest BCUT2D eigenvalue weighted by molar-refractivity contribution is 5.73. The molecule has 0 radical (unpaired) electrons. The predicted molar refractivity (Wildman–Crippen MR) is 78.9 cm³/mol. The molecule has 122 valence electrons. The van der Waals surface area contributed by atoms with Gasteiger partial charge in [0.2, 0.25) is 5.91 Å². The Morgan fingerprint density at radius 3 is 2.95 bits per heavy atom. The number of likely N-dealkylation sites (tertiary alicyclic amines) is 1. The fraction of sp³-hybridized carbons (Fsp3) is 0.562. The van der Waals surface area contributed by atoms with Crippen molar-refractivity contribution in [3.63, 3.8) is 0 Å². The molecule has 0 saturated carbocycles. The molecule has 3 N–H and O–H groups in total. The topological polar surface area (TPSA) is 66.6 Å². The van der Waals surface area contributed by atoms with Gasteiger partial charge in [-0.1, -0.05) is 0 Å². The van der Waals surface area contributed by atoms with Crippen molar-refractivity contribution in [2.24, 2.45) is 11.7 Å². The molecule has 1 saturated heterocycles. The number of benzene rings is 1. The fourth-order valence-corrected chi connectivity index (χ4v) is 3.01. The van der Waals surface area contributed by atoms with Crippen LogP contribution >= 0.6 is 0 Å². The third-order valence-corrected chi connectivity index (χ3v) is 4.15. The summed E-state index contributed by atoms with van der Waals surface area (Å²) in [7, 11) is 0. The van der Waals surface area contributed by atoms with Crippen LogP contribution in [-0.4, -0.2) is 35.5 Å². The minimum absolute atomic E-state index is 0.0146. The molecular weight excluding hydrogens is 290 g/mol. The van der Waals surface area contributed by atoms with Crippen molar-refractivity contribution in [2.45, 2.75) is 31.8 Å². The van der Waals surface area contributed by atoms with Gasteiger partial charge >= 0.3 is 0 Å². The van der Waals surface area contributed by atoms with Crippen LogP contribution in [0.2, 0.25) is 0 Å². The van der Waals surface area contributed by atoms with Crippen LogP contribution in [0.3, 0.4) is 0 Å². The van der Waals surface area contributed by atoms with Crippen LogP contribution in [-0.2, 0) is 4.79 Å². The number of rotatable bonds is 6. The van der Waals surface area contributed by atoms with E-state index in [0.29, 0.717) is 12.3 Å². The van der Waals surface area contributed by atoms with E-state index in [4.69, 9.17) is 5.73 Å². The third kappa shape index (κ3) is 4.74. The van der Waals surface area contributed by atoms with Crippen molar-refractivity contribution in [1.82, 2.24) is 4.90 Å². The van der Waals surface area contributed by atoms with Crippen molar-refractivity contribution in [2.75, 3.05) is 19.6 Å². The summed E-state index contributed by atoms with van der Waals surface area (Å²) in [6.07, 6.45) is 2.01. The van der Waals surface area contributed by atoms with Gasteiger partial charge in [-0.15, -0.1) is 0 Å².